The number of hydrogen-bond donors (Lipinski definition) is 1. The molecule has 0 bridgehead atoms. The first-order chi connectivity index (χ1) is 5.77. The number of rotatable bonds is 0. The van der Waals surface area contributed by atoms with Gasteiger partial charge in [-0.05, 0) is 18.1 Å². The lowest BCUT2D eigenvalue weighted by Crippen LogP contribution is -2.28. The number of nitrogens with one attached hydrogen (secondary N) is 1. The highest BCUT2D eigenvalue weighted by Crippen LogP contribution is 2.21. The van der Waals surface area contributed by atoms with Gasteiger partial charge < -0.3 is 5.32 Å². The average Bonchev–Trinajstić information content (AvgIpc) is 2.07. The summed E-state index contributed by atoms with van der Waals surface area (Å²) in [7, 11) is 0. The standard InChI is InChI=1S/C9H10N2O/c1-6-5-7-3-2-4-10-8(7)11-9(6)12/h2-4,6H,5H2,1H3,(H,10,11,12)/t6-/m0/s1. The van der Waals surface area contributed by atoms with E-state index in [4.69, 9.17) is 0 Å². The lowest BCUT2D eigenvalue weighted by atomic mass is 9.97. The lowest BCUT2D eigenvalue weighted by molar-refractivity contribution is -0.119. The Balaban J connectivity index is 2.40. The van der Waals surface area contributed by atoms with Crippen molar-refractivity contribution in [2.24, 2.45) is 5.92 Å². The fourth-order valence-corrected chi connectivity index (χ4v) is 1.38. The molecule has 0 fully saturated rings. The van der Waals surface area contributed by atoms with E-state index in [1.165, 1.54) is 0 Å². The van der Waals surface area contributed by atoms with Crippen LogP contribution in [0.15, 0.2) is 18.3 Å². The van der Waals surface area contributed by atoms with Crippen molar-refractivity contribution in [3.8, 4) is 0 Å². The molecular formula is C9H10N2O. The van der Waals surface area contributed by atoms with Gasteiger partial charge in [0.05, 0.1) is 0 Å². The summed E-state index contributed by atoms with van der Waals surface area (Å²) in [6, 6.07) is 3.89. The van der Waals surface area contributed by atoms with Crippen LogP contribution in [0.2, 0.25) is 0 Å². The maximum absolute atomic E-state index is 11.2. The van der Waals surface area contributed by atoms with Crippen molar-refractivity contribution in [3.05, 3.63) is 23.9 Å². The largest absolute Gasteiger partial charge is 0.310 e. The van der Waals surface area contributed by atoms with Crippen LogP contribution in [0.5, 0.6) is 0 Å². The highest BCUT2D eigenvalue weighted by Gasteiger charge is 2.22. The molecule has 0 unspecified atom stereocenters. The molecule has 2 heterocycles. The number of hydrogen-bond acceptors (Lipinski definition) is 2. The van der Waals surface area contributed by atoms with Crippen LogP contribution in [0.4, 0.5) is 5.82 Å². The number of amides is 1. The Labute approximate surface area is 70.8 Å². The van der Waals surface area contributed by atoms with Crippen LogP contribution >= 0.6 is 0 Å². The third-order valence-corrected chi connectivity index (χ3v) is 2.11. The highest BCUT2D eigenvalue weighted by molar-refractivity contribution is 5.94. The number of pyridine rings is 1. The van der Waals surface area contributed by atoms with Gasteiger partial charge in [0, 0.05) is 12.1 Å². The van der Waals surface area contributed by atoms with Crippen molar-refractivity contribution in [2.75, 3.05) is 5.32 Å². The van der Waals surface area contributed by atoms with E-state index in [1.807, 2.05) is 19.1 Å². The van der Waals surface area contributed by atoms with Crippen LogP contribution in [0.25, 0.3) is 0 Å². The van der Waals surface area contributed by atoms with Gasteiger partial charge in [-0.2, -0.15) is 0 Å². The van der Waals surface area contributed by atoms with Gasteiger partial charge in [0.25, 0.3) is 0 Å². The van der Waals surface area contributed by atoms with Crippen molar-refractivity contribution in [3.63, 3.8) is 0 Å². The van der Waals surface area contributed by atoms with Crippen LogP contribution in [0.1, 0.15) is 12.5 Å². The first-order valence-corrected chi connectivity index (χ1v) is 4.02. The Kier molecular flexibility index (Phi) is 1.57. The van der Waals surface area contributed by atoms with E-state index in [0.717, 1.165) is 17.8 Å². The molecule has 1 amide bonds. The summed E-state index contributed by atoms with van der Waals surface area (Å²) >= 11 is 0. The number of anilines is 1. The van der Waals surface area contributed by atoms with E-state index >= 15 is 0 Å². The molecule has 1 aliphatic heterocycles. The van der Waals surface area contributed by atoms with Crippen molar-refractivity contribution >= 4 is 11.7 Å². The Hall–Kier alpha value is -1.38. The van der Waals surface area contributed by atoms with E-state index in [-0.39, 0.29) is 11.8 Å². The predicted octanol–water partition coefficient (Wildman–Crippen LogP) is 1.21. The second kappa shape index (κ2) is 2.59. The fourth-order valence-electron chi connectivity index (χ4n) is 1.38. The second-order valence-electron chi connectivity index (χ2n) is 3.11. The van der Waals surface area contributed by atoms with E-state index in [1.54, 1.807) is 6.20 Å². The first kappa shape index (κ1) is 7.28. The van der Waals surface area contributed by atoms with Crippen molar-refractivity contribution < 1.29 is 4.79 Å². The number of fused-ring (bicyclic) bond motifs is 1. The average molecular weight is 162 g/mol. The smallest absolute Gasteiger partial charge is 0.228 e. The monoisotopic (exact) mass is 162 g/mol. The first-order valence-electron chi connectivity index (χ1n) is 4.02. The number of carbonyl (C=O) groups is 1. The molecule has 0 aromatic carbocycles. The van der Waals surface area contributed by atoms with Gasteiger partial charge >= 0.3 is 0 Å². The number of carbonyl (C=O) groups excluding carboxylic acids is 1. The number of nitrogens with zero attached hydrogens (tertiary/aromatic N) is 1. The maximum Gasteiger partial charge on any atom is 0.228 e. The third kappa shape index (κ3) is 1.07. The van der Waals surface area contributed by atoms with Crippen LogP contribution in [-0.4, -0.2) is 10.9 Å². The van der Waals surface area contributed by atoms with E-state index < -0.39 is 0 Å². The molecule has 62 valence electrons. The summed E-state index contributed by atoms with van der Waals surface area (Å²) in [5, 5.41) is 2.76. The van der Waals surface area contributed by atoms with Crippen LogP contribution in [0.3, 0.4) is 0 Å². The zero-order valence-electron chi connectivity index (χ0n) is 6.87. The predicted molar refractivity (Wildman–Crippen MR) is 45.7 cm³/mol. The van der Waals surface area contributed by atoms with Gasteiger partial charge in [0.15, 0.2) is 0 Å². The highest BCUT2D eigenvalue weighted by atomic mass is 16.2. The van der Waals surface area contributed by atoms with E-state index in [0.29, 0.717) is 0 Å². The molecule has 0 saturated carbocycles. The molecule has 2 rings (SSSR count). The zero-order valence-corrected chi connectivity index (χ0v) is 6.87. The van der Waals surface area contributed by atoms with Crippen molar-refractivity contribution in [1.29, 1.82) is 0 Å². The minimum absolute atomic E-state index is 0.0706. The molecule has 0 spiro atoms. The minimum Gasteiger partial charge on any atom is -0.310 e. The van der Waals surface area contributed by atoms with Crippen molar-refractivity contribution in [1.82, 2.24) is 4.98 Å². The van der Waals surface area contributed by atoms with Crippen LogP contribution < -0.4 is 5.32 Å². The quantitative estimate of drug-likeness (QED) is 0.623. The topological polar surface area (TPSA) is 42.0 Å². The van der Waals surface area contributed by atoms with Gasteiger partial charge in [-0.3, -0.25) is 4.79 Å². The summed E-state index contributed by atoms with van der Waals surface area (Å²) in [4.78, 5) is 15.3. The molecule has 12 heavy (non-hydrogen) atoms. The normalized spacial score (nSPS) is 21.4. The van der Waals surface area contributed by atoms with Gasteiger partial charge in [-0.25, -0.2) is 4.98 Å². The molecular weight excluding hydrogens is 152 g/mol. The minimum atomic E-state index is 0.0706. The molecule has 3 nitrogen and oxygen atoms in total. The molecule has 0 saturated heterocycles. The maximum atomic E-state index is 11.2. The lowest BCUT2D eigenvalue weighted by Gasteiger charge is -2.19. The summed E-state index contributed by atoms with van der Waals surface area (Å²) in [5.74, 6) is 0.864. The third-order valence-electron chi connectivity index (χ3n) is 2.11. The van der Waals surface area contributed by atoms with Gasteiger partial charge in [0.1, 0.15) is 5.82 Å². The van der Waals surface area contributed by atoms with Gasteiger partial charge in [-0.1, -0.05) is 13.0 Å². The molecule has 1 aromatic rings. The molecule has 1 N–H and O–H groups in total. The van der Waals surface area contributed by atoms with Gasteiger partial charge in [-0.15, -0.1) is 0 Å². The Bertz CT molecular complexity index is 322. The SMILES string of the molecule is C[C@H]1Cc2cccnc2NC1=O. The molecule has 1 aliphatic rings. The second-order valence-corrected chi connectivity index (χ2v) is 3.11. The van der Waals surface area contributed by atoms with Crippen LogP contribution in [0, 0.1) is 5.92 Å². The summed E-state index contributed by atoms with van der Waals surface area (Å²) in [5.41, 5.74) is 1.13. The van der Waals surface area contributed by atoms with Gasteiger partial charge in [0.2, 0.25) is 5.91 Å². The Morgan fingerprint density at radius 3 is 3.33 bits per heavy atom. The summed E-state index contributed by atoms with van der Waals surface area (Å²) < 4.78 is 0. The Morgan fingerprint density at radius 1 is 1.67 bits per heavy atom. The van der Waals surface area contributed by atoms with Crippen molar-refractivity contribution in [2.45, 2.75) is 13.3 Å². The van der Waals surface area contributed by atoms with E-state index in [9.17, 15) is 4.79 Å². The van der Waals surface area contributed by atoms with Crippen LogP contribution in [-0.2, 0) is 11.2 Å². The summed E-state index contributed by atoms with van der Waals surface area (Å²) in [6.07, 6.45) is 2.49. The number of aromatic nitrogens is 1. The molecule has 3 heteroatoms. The summed E-state index contributed by atoms with van der Waals surface area (Å²) in [6.45, 7) is 1.92. The fraction of sp³-hybridized carbons (Fsp3) is 0.333. The molecule has 1 atom stereocenters. The molecule has 0 aliphatic carbocycles. The zero-order chi connectivity index (χ0) is 8.55. The molecule has 0 radical (unpaired) electrons. The van der Waals surface area contributed by atoms with E-state index in [2.05, 4.69) is 10.3 Å². The Morgan fingerprint density at radius 2 is 2.50 bits per heavy atom. The molecule has 1 aromatic heterocycles.